The van der Waals surface area contributed by atoms with Crippen LogP contribution in [0.15, 0.2) is 47.6 Å². The zero-order chi connectivity index (χ0) is 22.1. The van der Waals surface area contributed by atoms with Crippen molar-refractivity contribution in [3.8, 4) is 0 Å². The fourth-order valence-corrected chi connectivity index (χ4v) is 6.67. The first-order valence-corrected chi connectivity index (χ1v) is 12.2. The van der Waals surface area contributed by atoms with Crippen molar-refractivity contribution >= 4 is 0 Å². The summed E-state index contributed by atoms with van der Waals surface area (Å²) >= 11 is 0. The van der Waals surface area contributed by atoms with Crippen LogP contribution in [0.5, 0.6) is 0 Å². The molecule has 30 heavy (non-hydrogen) atoms. The molecule has 3 fully saturated rings. The van der Waals surface area contributed by atoms with Crippen LogP contribution in [0.2, 0.25) is 0 Å². The van der Waals surface area contributed by atoms with Crippen molar-refractivity contribution in [1.82, 2.24) is 0 Å². The molecular formula is C28H44O2. The molecule has 2 nitrogen and oxygen atoms in total. The van der Waals surface area contributed by atoms with Crippen LogP contribution in [0.4, 0.5) is 0 Å². The first kappa shape index (κ1) is 23.5. The van der Waals surface area contributed by atoms with Crippen LogP contribution in [-0.2, 0) is 0 Å². The molecule has 0 bridgehead atoms. The van der Waals surface area contributed by atoms with E-state index >= 15 is 0 Å². The van der Waals surface area contributed by atoms with Crippen LogP contribution >= 0.6 is 0 Å². The molecule has 3 aliphatic rings. The smallest absolute Gasteiger partial charge is 0.0791 e. The van der Waals surface area contributed by atoms with Crippen molar-refractivity contribution in [2.24, 2.45) is 23.2 Å². The van der Waals surface area contributed by atoms with Gasteiger partial charge >= 0.3 is 0 Å². The Morgan fingerprint density at radius 1 is 1.23 bits per heavy atom. The predicted octanol–water partition coefficient (Wildman–Crippen LogP) is 6.90. The van der Waals surface area contributed by atoms with Crippen LogP contribution in [0.1, 0.15) is 91.9 Å². The summed E-state index contributed by atoms with van der Waals surface area (Å²) in [5.41, 5.74) is 4.70. The van der Waals surface area contributed by atoms with Gasteiger partial charge in [0.15, 0.2) is 0 Å². The summed E-state index contributed by atoms with van der Waals surface area (Å²) in [5, 5.41) is 20.2. The minimum atomic E-state index is -0.543. The summed E-state index contributed by atoms with van der Waals surface area (Å²) in [4.78, 5) is 0. The molecule has 2 heteroatoms. The lowest BCUT2D eigenvalue weighted by Gasteiger charge is -2.44. The second kappa shape index (κ2) is 9.17. The summed E-state index contributed by atoms with van der Waals surface area (Å²) < 4.78 is 0. The average molecular weight is 413 g/mol. The molecule has 0 amide bonds. The van der Waals surface area contributed by atoms with Gasteiger partial charge in [-0.1, -0.05) is 57.6 Å². The van der Waals surface area contributed by atoms with Gasteiger partial charge in [-0.2, -0.15) is 0 Å². The van der Waals surface area contributed by atoms with Gasteiger partial charge in [0, 0.05) is 6.42 Å². The van der Waals surface area contributed by atoms with Crippen LogP contribution in [0, 0.1) is 23.2 Å². The number of fused-ring (bicyclic) bond motifs is 1. The summed E-state index contributed by atoms with van der Waals surface area (Å²) in [7, 11) is 0. The van der Waals surface area contributed by atoms with Gasteiger partial charge < -0.3 is 10.2 Å². The van der Waals surface area contributed by atoms with Gasteiger partial charge in [0.1, 0.15) is 0 Å². The average Bonchev–Trinajstić information content (AvgIpc) is 3.00. The lowest BCUT2D eigenvalue weighted by Crippen LogP contribution is -2.36. The minimum absolute atomic E-state index is 0.411. The molecule has 0 radical (unpaired) electrons. The number of aliphatic hydroxyl groups is 2. The van der Waals surface area contributed by atoms with E-state index in [0.29, 0.717) is 17.8 Å². The number of hydrogen-bond donors (Lipinski definition) is 2. The second-order valence-electron chi connectivity index (χ2n) is 11.4. The number of hydrogen-bond acceptors (Lipinski definition) is 2. The minimum Gasteiger partial charge on any atom is -0.390 e. The van der Waals surface area contributed by atoms with Crippen molar-refractivity contribution in [3.05, 3.63) is 47.6 Å². The van der Waals surface area contributed by atoms with E-state index < -0.39 is 11.7 Å². The predicted molar refractivity (Wildman–Crippen MR) is 127 cm³/mol. The molecule has 5 atom stereocenters. The zero-order valence-corrected chi connectivity index (χ0v) is 19.8. The largest absolute Gasteiger partial charge is 0.390 e. The monoisotopic (exact) mass is 412 g/mol. The third kappa shape index (κ3) is 5.19. The van der Waals surface area contributed by atoms with E-state index in [2.05, 4.69) is 39.2 Å². The van der Waals surface area contributed by atoms with Crippen LogP contribution in [-0.4, -0.2) is 21.9 Å². The maximum atomic E-state index is 10.2. The molecule has 0 aromatic rings. The van der Waals surface area contributed by atoms with Crippen LogP contribution in [0.3, 0.4) is 0 Å². The van der Waals surface area contributed by atoms with E-state index in [-0.39, 0.29) is 0 Å². The van der Waals surface area contributed by atoms with Gasteiger partial charge in [-0.15, -0.1) is 0 Å². The Morgan fingerprint density at radius 2 is 1.97 bits per heavy atom. The van der Waals surface area contributed by atoms with Crippen molar-refractivity contribution in [2.75, 3.05) is 0 Å². The Kier molecular flexibility index (Phi) is 7.19. The fraction of sp³-hybridized carbons (Fsp3) is 0.714. The third-order valence-corrected chi connectivity index (χ3v) is 8.45. The highest BCUT2D eigenvalue weighted by Crippen LogP contribution is 2.60. The molecule has 1 unspecified atom stereocenters. The highest BCUT2D eigenvalue weighted by molar-refractivity contribution is 5.41. The van der Waals surface area contributed by atoms with Gasteiger partial charge in [-0.05, 0) is 98.7 Å². The molecule has 0 aromatic carbocycles. The molecule has 3 aliphatic carbocycles. The third-order valence-electron chi connectivity index (χ3n) is 8.45. The summed E-state index contributed by atoms with van der Waals surface area (Å²) in [6, 6.07) is 0. The number of aliphatic hydroxyl groups excluding tert-OH is 1. The molecule has 0 aliphatic heterocycles. The summed E-state index contributed by atoms with van der Waals surface area (Å²) in [5.74, 6) is 2.20. The zero-order valence-electron chi connectivity index (χ0n) is 19.8. The first-order valence-electron chi connectivity index (χ1n) is 12.2. The van der Waals surface area contributed by atoms with Crippen molar-refractivity contribution in [3.63, 3.8) is 0 Å². The van der Waals surface area contributed by atoms with Crippen LogP contribution < -0.4 is 0 Å². The van der Waals surface area contributed by atoms with Crippen LogP contribution in [0.25, 0.3) is 0 Å². The second-order valence-corrected chi connectivity index (χ2v) is 11.4. The normalized spacial score (nSPS) is 36.4. The molecule has 2 N–H and O–H groups in total. The standard InChI is InChI=1S/C28H44O2/c1-19(9-7-15-27(4,5)30)24-13-14-25-22(10-8-16-28(24,25)6)11-12-23-18-26(29)21(3)17-20(23)2/h11-12,19,24-26,29-30H,2-3,7-10,13-18H2,1,4-6H3/b22-11?,23-12-/t19-,24-,25?,26-,28-/m1/s1. The molecule has 0 heterocycles. The van der Waals surface area contributed by atoms with Crippen molar-refractivity contribution < 1.29 is 10.2 Å². The van der Waals surface area contributed by atoms with E-state index in [1.165, 1.54) is 44.1 Å². The molecule has 3 rings (SSSR count). The molecule has 0 saturated heterocycles. The Balaban J connectivity index is 1.69. The van der Waals surface area contributed by atoms with E-state index in [0.717, 1.165) is 42.2 Å². The van der Waals surface area contributed by atoms with Gasteiger partial charge in [-0.25, -0.2) is 0 Å². The van der Waals surface area contributed by atoms with E-state index in [1.807, 2.05) is 13.8 Å². The summed E-state index contributed by atoms with van der Waals surface area (Å²) in [6.07, 6.45) is 15.3. The lowest BCUT2D eigenvalue weighted by molar-refractivity contribution is 0.0596. The van der Waals surface area contributed by atoms with Gasteiger partial charge in [-0.3, -0.25) is 0 Å². The first-order chi connectivity index (χ1) is 14.0. The van der Waals surface area contributed by atoms with Crippen molar-refractivity contribution in [2.45, 2.75) is 104 Å². The quantitative estimate of drug-likeness (QED) is 0.466. The van der Waals surface area contributed by atoms with E-state index in [9.17, 15) is 10.2 Å². The lowest BCUT2D eigenvalue weighted by atomic mass is 9.60. The Bertz CT molecular complexity index is 719. The van der Waals surface area contributed by atoms with Gasteiger partial charge in [0.05, 0.1) is 11.7 Å². The Hall–Kier alpha value is -1.12. The van der Waals surface area contributed by atoms with Gasteiger partial charge in [0.2, 0.25) is 0 Å². The fourth-order valence-electron chi connectivity index (χ4n) is 6.67. The highest BCUT2D eigenvalue weighted by atomic mass is 16.3. The molecular weight excluding hydrogens is 368 g/mol. The molecule has 0 spiro atoms. The molecule has 0 aromatic heterocycles. The van der Waals surface area contributed by atoms with Gasteiger partial charge in [0.25, 0.3) is 0 Å². The maximum Gasteiger partial charge on any atom is 0.0791 e. The maximum absolute atomic E-state index is 10.2. The SMILES string of the molecule is C=C1CC(=C)[C@H](O)C/C1=C/C=C1CCC[C@@]2(C)C1CC[C@@H]2[C@H](C)CCCC(C)(C)O. The number of rotatable bonds is 6. The Morgan fingerprint density at radius 3 is 2.67 bits per heavy atom. The highest BCUT2D eigenvalue weighted by Gasteiger charge is 2.50. The van der Waals surface area contributed by atoms with E-state index in [1.54, 1.807) is 5.57 Å². The Labute approximate surface area is 184 Å². The molecule has 168 valence electrons. The van der Waals surface area contributed by atoms with Crippen molar-refractivity contribution in [1.29, 1.82) is 0 Å². The molecule has 3 saturated carbocycles. The topological polar surface area (TPSA) is 40.5 Å². The van der Waals surface area contributed by atoms with E-state index in [4.69, 9.17) is 0 Å². The summed E-state index contributed by atoms with van der Waals surface area (Å²) in [6.45, 7) is 17.0. The number of allylic oxidation sites excluding steroid dienone is 4.